The average Bonchev–Trinajstić information content (AvgIpc) is 3.48. The average molecular weight is 592 g/mol. The molecule has 8 nitrogen and oxygen atoms in total. The van der Waals surface area contributed by atoms with Crippen molar-refractivity contribution in [3.05, 3.63) is 89.5 Å². The first-order chi connectivity index (χ1) is 20.1. The number of hydrogen-bond acceptors (Lipinski definition) is 5. The summed E-state index contributed by atoms with van der Waals surface area (Å²) in [5.41, 5.74) is 3.05. The molecule has 3 aromatic rings. The maximum Gasteiger partial charge on any atom is 0.264 e. The lowest BCUT2D eigenvalue weighted by molar-refractivity contribution is -0.139. The normalized spacial score (nSPS) is 14.3. The van der Waals surface area contributed by atoms with Gasteiger partial charge in [-0.25, -0.2) is 8.42 Å². The van der Waals surface area contributed by atoms with Gasteiger partial charge in [-0.05, 0) is 70.4 Å². The van der Waals surface area contributed by atoms with E-state index in [1.54, 1.807) is 43.3 Å². The van der Waals surface area contributed by atoms with Gasteiger partial charge in [0.25, 0.3) is 10.0 Å². The van der Waals surface area contributed by atoms with Gasteiger partial charge < -0.3 is 15.0 Å². The molecule has 1 atom stereocenters. The molecule has 224 valence electrons. The highest BCUT2D eigenvalue weighted by Gasteiger charge is 2.34. The fourth-order valence-electron chi connectivity index (χ4n) is 5.27. The Kier molecular flexibility index (Phi) is 10.3. The molecule has 1 N–H and O–H groups in total. The Morgan fingerprint density at radius 1 is 0.952 bits per heavy atom. The lowest BCUT2D eigenvalue weighted by Crippen LogP contribution is -2.52. The minimum Gasteiger partial charge on any atom is -0.492 e. The molecule has 0 radical (unpaired) electrons. The molecule has 0 bridgehead atoms. The fourth-order valence-corrected chi connectivity index (χ4v) is 6.70. The highest BCUT2D eigenvalue weighted by Crippen LogP contribution is 2.33. The van der Waals surface area contributed by atoms with Crippen molar-refractivity contribution >= 4 is 27.5 Å². The number of amides is 2. The zero-order chi connectivity index (χ0) is 30.3. The second kappa shape index (κ2) is 13.9. The summed E-state index contributed by atoms with van der Waals surface area (Å²) in [5.74, 6) is -0.390. The van der Waals surface area contributed by atoms with E-state index in [4.69, 9.17) is 4.74 Å². The van der Waals surface area contributed by atoms with Crippen LogP contribution in [0.25, 0.3) is 0 Å². The number of ether oxygens (including phenoxy) is 1. The molecule has 0 aliphatic heterocycles. The summed E-state index contributed by atoms with van der Waals surface area (Å²) in [6.45, 7) is 7.33. The molecule has 0 spiro atoms. The van der Waals surface area contributed by atoms with E-state index in [2.05, 4.69) is 5.32 Å². The van der Waals surface area contributed by atoms with E-state index in [0.29, 0.717) is 12.4 Å². The molecule has 1 fully saturated rings. The summed E-state index contributed by atoms with van der Waals surface area (Å²) in [4.78, 5) is 29.1. The zero-order valence-corrected chi connectivity index (χ0v) is 25.7. The molecule has 0 saturated heterocycles. The molecule has 1 saturated carbocycles. The van der Waals surface area contributed by atoms with Crippen LogP contribution in [0.1, 0.15) is 56.2 Å². The van der Waals surface area contributed by atoms with Gasteiger partial charge in [0.2, 0.25) is 11.8 Å². The smallest absolute Gasteiger partial charge is 0.264 e. The summed E-state index contributed by atoms with van der Waals surface area (Å²) in [6, 6.07) is 20.3. The third-order valence-electron chi connectivity index (χ3n) is 7.63. The topological polar surface area (TPSA) is 96.0 Å². The van der Waals surface area contributed by atoms with Crippen LogP contribution in [0.3, 0.4) is 0 Å². The van der Waals surface area contributed by atoms with Gasteiger partial charge in [-0.1, -0.05) is 72.5 Å². The van der Waals surface area contributed by atoms with Crippen molar-refractivity contribution in [2.45, 2.75) is 76.9 Å². The first-order valence-corrected chi connectivity index (χ1v) is 16.0. The zero-order valence-electron chi connectivity index (χ0n) is 24.9. The van der Waals surface area contributed by atoms with E-state index in [9.17, 15) is 18.0 Å². The van der Waals surface area contributed by atoms with Crippen molar-refractivity contribution in [2.75, 3.05) is 17.5 Å². The number of nitrogens with one attached hydrogen (secondary N) is 1. The Hall–Kier alpha value is -3.85. The molecule has 1 unspecified atom stereocenters. The van der Waals surface area contributed by atoms with Crippen molar-refractivity contribution < 1.29 is 22.7 Å². The summed E-state index contributed by atoms with van der Waals surface area (Å²) in [5, 5.41) is 3.10. The molecule has 3 aromatic carbocycles. The van der Waals surface area contributed by atoms with Crippen molar-refractivity contribution in [1.82, 2.24) is 10.2 Å². The first-order valence-electron chi connectivity index (χ1n) is 14.6. The minimum absolute atomic E-state index is 0.0597. The second-order valence-electron chi connectivity index (χ2n) is 10.9. The maximum atomic E-state index is 14.2. The summed E-state index contributed by atoms with van der Waals surface area (Å²) in [6.07, 6.45) is 3.97. The van der Waals surface area contributed by atoms with Gasteiger partial charge >= 0.3 is 0 Å². The van der Waals surface area contributed by atoms with E-state index in [-0.39, 0.29) is 29.1 Å². The van der Waals surface area contributed by atoms with Crippen LogP contribution in [0.5, 0.6) is 5.75 Å². The monoisotopic (exact) mass is 591 g/mol. The van der Waals surface area contributed by atoms with Crippen molar-refractivity contribution in [1.29, 1.82) is 0 Å². The molecule has 1 aliphatic carbocycles. The van der Waals surface area contributed by atoms with Gasteiger partial charge in [-0.3, -0.25) is 13.9 Å². The van der Waals surface area contributed by atoms with E-state index < -0.39 is 28.5 Å². The van der Waals surface area contributed by atoms with Crippen LogP contribution in [0.2, 0.25) is 0 Å². The van der Waals surface area contributed by atoms with Gasteiger partial charge in [0, 0.05) is 12.6 Å². The number of hydrogen-bond donors (Lipinski definition) is 1. The van der Waals surface area contributed by atoms with Crippen LogP contribution in [0.4, 0.5) is 5.69 Å². The van der Waals surface area contributed by atoms with Gasteiger partial charge in [-0.2, -0.15) is 0 Å². The predicted octanol–water partition coefficient (Wildman–Crippen LogP) is 5.37. The van der Waals surface area contributed by atoms with Crippen molar-refractivity contribution in [3.63, 3.8) is 0 Å². The van der Waals surface area contributed by atoms with Crippen LogP contribution in [0, 0.1) is 13.8 Å². The molecule has 9 heteroatoms. The minimum atomic E-state index is -4.18. The van der Waals surface area contributed by atoms with Crippen LogP contribution in [-0.2, 0) is 26.2 Å². The Bertz CT molecular complexity index is 1480. The Balaban J connectivity index is 1.72. The molecule has 0 aromatic heterocycles. The Morgan fingerprint density at radius 2 is 1.64 bits per heavy atom. The molecule has 0 heterocycles. The number of nitrogens with zero attached hydrogens (tertiary/aromatic N) is 2. The molecule has 2 amide bonds. The summed E-state index contributed by atoms with van der Waals surface area (Å²) < 4.78 is 35.1. The standard InChI is InChI=1S/C33H41N3O5S/c1-5-41-31-16-9-8-15-30(31)36(42(39,40)29-19-17-24(2)18-20-29)23-32(37)35(22-27-12-10-11-25(3)21-27)26(4)33(38)34-28-13-6-7-14-28/h8-12,15-21,26,28H,5-7,13-14,22-23H2,1-4H3,(H,34,38). The SMILES string of the molecule is CCOc1ccccc1N(CC(=O)N(Cc1cccc(C)c1)C(C)C(=O)NC1CCCC1)S(=O)(=O)c1ccc(C)cc1. The second-order valence-corrected chi connectivity index (χ2v) is 12.8. The molecular formula is C33H41N3O5S. The summed E-state index contributed by atoms with van der Waals surface area (Å²) >= 11 is 0. The number of para-hydroxylation sites is 2. The van der Waals surface area contributed by atoms with Crippen LogP contribution in [-0.4, -0.2) is 50.4 Å². The fraction of sp³-hybridized carbons (Fsp3) is 0.394. The van der Waals surface area contributed by atoms with E-state index in [1.165, 1.54) is 17.0 Å². The van der Waals surface area contributed by atoms with E-state index >= 15 is 0 Å². The van der Waals surface area contributed by atoms with Gasteiger partial charge in [0.05, 0.1) is 17.2 Å². The predicted molar refractivity (Wildman–Crippen MR) is 165 cm³/mol. The van der Waals surface area contributed by atoms with Crippen LogP contribution >= 0.6 is 0 Å². The van der Waals surface area contributed by atoms with Crippen molar-refractivity contribution in [3.8, 4) is 5.75 Å². The van der Waals surface area contributed by atoms with Crippen LogP contribution < -0.4 is 14.4 Å². The lowest BCUT2D eigenvalue weighted by Gasteiger charge is -2.33. The highest BCUT2D eigenvalue weighted by molar-refractivity contribution is 7.92. The quantitative estimate of drug-likeness (QED) is 0.305. The third kappa shape index (κ3) is 7.50. The van der Waals surface area contributed by atoms with Crippen molar-refractivity contribution in [2.24, 2.45) is 0 Å². The molecular weight excluding hydrogens is 550 g/mol. The van der Waals surface area contributed by atoms with Crippen LogP contribution in [0.15, 0.2) is 77.7 Å². The number of anilines is 1. The van der Waals surface area contributed by atoms with Gasteiger partial charge in [0.15, 0.2) is 0 Å². The Morgan fingerprint density at radius 3 is 2.31 bits per heavy atom. The van der Waals surface area contributed by atoms with Gasteiger partial charge in [0.1, 0.15) is 18.3 Å². The van der Waals surface area contributed by atoms with E-state index in [1.807, 2.05) is 45.0 Å². The third-order valence-corrected chi connectivity index (χ3v) is 9.40. The molecule has 42 heavy (non-hydrogen) atoms. The molecule has 4 rings (SSSR count). The number of benzene rings is 3. The first kappa shape index (κ1) is 31.1. The maximum absolute atomic E-state index is 14.2. The van der Waals surface area contributed by atoms with E-state index in [0.717, 1.165) is 46.7 Å². The number of aryl methyl sites for hydroxylation is 2. The van der Waals surface area contributed by atoms with Gasteiger partial charge in [-0.15, -0.1) is 0 Å². The number of carbonyl (C=O) groups is 2. The number of rotatable bonds is 12. The summed E-state index contributed by atoms with van der Waals surface area (Å²) in [7, 11) is -4.18. The molecule has 1 aliphatic rings. The Labute approximate surface area is 249 Å². The number of sulfonamides is 1. The lowest BCUT2D eigenvalue weighted by atomic mass is 10.1. The largest absolute Gasteiger partial charge is 0.492 e. The number of carbonyl (C=O) groups excluding carboxylic acids is 2. The highest BCUT2D eigenvalue weighted by atomic mass is 32.2.